The number of aromatic nitrogens is 2. The van der Waals surface area contributed by atoms with E-state index in [1.54, 1.807) is 22.2 Å². The number of imidazole rings is 1. The lowest BCUT2D eigenvalue weighted by atomic mass is 10.2. The van der Waals surface area contributed by atoms with E-state index in [4.69, 9.17) is 0 Å². The fourth-order valence-electron chi connectivity index (χ4n) is 1.75. The first-order chi connectivity index (χ1) is 9.15. The van der Waals surface area contributed by atoms with Gasteiger partial charge in [0, 0.05) is 27.9 Å². The molecule has 3 aromatic rings. The van der Waals surface area contributed by atoms with Crippen molar-refractivity contribution in [3.63, 3.8) is 0 Å². The summed E-state index contributed by atoms with van der Waals surface area (Å²) in [6, 6.07) is 5.74. The van der Waals surface area contributed by atoms with Crippen LogP contribution in [0.1, 0.15) is 16.1 Å². The van der Waals surface area contributed by atoms with E-state index >= 15 is 0 Å². The summed E-state index contributed by atoms with van der Waals surface area (Å²) in [7, 11) is 0. The molecule has 0 aliphatic heterocycles. The summed E-state index contributed by atoms with van der Waals surface area (Å²) in [6.45, 7) is 2.00. The van der Waals surface area contributed by atoms with Gasteiger partial charge in [0.2, 0.25) is 0 Å². The molecule has 19 heavy (non-hydrogen) atoms. The van der Waals surface area contributed by atoms with Crippen molar-refractivity contribution in [1.29, 1.82) is 0 Å². The largest absolute Gasteiger partial charge is 0.321 e. The number of halogens is 1. The molecule has 0 saturated heterocycles. The van der Waals surface area contributed by atoms with Gasteiger partial charge >= 0.3 is 0 Å². The third-order valence-corrected chi connectivity index (χ3v) is 4.51. The molecule has 0 spiro atoms. The highest BCUT2D eigenvalue weighted by atomic mass is 79.9. The minimum Gasteiger partial charge on any atom is -0.321 e. The van der Waals surface area contributed by atoms with Gasteiger partial charge in [0.25, 0.3) is 5.91 Å². The molecular weight excluding hydrogens is 326 g/mol. The lowest BCUT2D eigenvalue weighted by molar-refractivity contribution is 0.102. The van der Waals surface area contributed by atoms with E-state index < -0.39 is 0 Å². The predicted molar refractivity (Wildman–Crippen MR) is 79.9 cm³/mol. The number of fused-ring (bicyclic) bond motifs is 1. The van der Waals surface area contributed by atoms with Gasteiger partial charge < -0.3 is 5.32 Å². The maximum absolute atomic E-state index is 12.2. The molecule has 1 amide bonds. The van der Waals surface area contributed by atoms with Crippen LogP contribution in [0, 0.1) is 6.92 Å². The molecule has 0 radical (unpaired) electrons. The molecule has 96 valence electrons. The van der Waals surface area contributed by atoms with Crippen LogP contribution >= 0.6 is 27.3 Å². The van der Waals surface area contributed by atoms with E-state index in [0.29, 0.717) is 5.69 Å². The molecular formula is C13H10BrN3OS. The molecule has 2 heterocycles. The van der Waals surface area contributed by atoms with Gasteiger partial charge in [-0.05, 0) is 24.6 Å². The summed E-state index contributed by atoms with van der Waals surface area (Å²) in [5, 5.41) is 4.69. The Morgan fingerprint density at radius 3 is 3.11 bits per heavy atom. The third-order valence-electron chi connectivity index (χ3n) is 2.80. The van der Waals surface area contributed by atoms with Crippen LogP contribution in [0.4, 0.5) is 5.69 Å². The van der Waals surface area contributed by atoms with Gasteiger partial charge in [-0.1, -0.05) is 22.0 Å². The summed E-state index contributed by atoms with van der Waals surface area (Å²) in [6.07, 6.45) is 3.47. The molecule has 0 saturated carbocycles. The Morgan fingerprint density at radius 1 is 1.47 bits per heavy atom. The average molecular weight is 336 g/mol. The van der Waals surface area contributed by atoms with Crippen LogP contribution in [0.3, 0.4) is 0 Å². The van der Waals surface area contributed by atoms with Gasteiger partial charge in [-0.2, -0.15) is 0 Å². The fourth-order valence-corrected chi connectivity index (χ4v) is 2.97. The van der Waals surface area contributed by atoms with Gasteiger partial charge in [-0.3, -0.25) is 9.20 Å². The quantitative estimate of drug-likeness (QED) is 0.775. The number of thiazole rings is 1. The Balaban J connectivity index is 1.89. The highest BCUT2D eigenvalue weighted by Gasteiger charge is 2.12. The first-order valence-corrected chi connectivity index (χ1v) is 7.30. The molecule has 0 fully saturated rings. The van der Waals surface area contributed by atoms with Crippen molar-refractivity contribution in [2.75, 3.05) is 5.32 Å². The van der Waals surface area contributed by atoms with Gasteiger partial charge in [0.05, 0.1) is 0 Å². The number of hydrogen-bond donors (Lipinski definition) is 1. The number of nitrogens with one attached hydrogen (secondary N) is 1. The van der Waals surface area contributed by atoms with Crippen molar-refractivity contribution in [3.8, 4) is 0 Å². The van der Waals surface area contributed by atoms with E-state index in [-0.39, 0.29) is 5.91 Å². The first kappa shape index (κ1) is 12.4. The number of carbonyl (C=O) groups excluding carboxylic acids is 1. The van der Waals surface area contributed by atoms with E-state index in [1.165, 1.54) is 11.3 Å². The molecule has 6 heteroatoms. The fraction of sp³-hybridized carbons (Fsp3) is 0.0769. The first-order valence-electron chi connectivity index (χ1n) is 5.63. The Bertz CT molecular complexity index is 762. The molecule has 1 N–H and O–H groups in total. The molecule has 0 aliphatic rings. The summed E-state index contributed by atoms with van der Waals surface area (Å²) in [5.41, 5.74) is 2.49. The van der Waals surface area contributed by atoms with Crippen LogP contribution in [0.5, 0.6) is 0 Å². The van der Waals surface area contributed by atoms with Crippen LogP contribution in [0.15, 0.2) is 40.4 Å². The minimum atomic E-state index is -0.139. The summed E-state index contributed by atoms with van der Waals surface area (Å²) >= 11 is 4.90. The smallest absolute Gasteiger partial charge is 0.273 e. The second-order valence-electron chi connectivity index (χ2n) is 4.12. The Labute approximate surface area is 122 Å². The van der Waals surface area contributed by atoms with Gasteiger partial charge in [-0.15, -0.1) is 11.3 Å². The summed E-state index contributed by atoms with van der Waals surface area (Å²) < 4.78 is 2.76. The van der Waals surface area contributed by atoms with E-state index in [9.17, 15) is 4.79 Å². The second-order valence-corrected chi connectivity index (χ2v) is 5.81. The van der Waals surface area contributed by atoms with Crippen molar-refractivity contribution >= 4 is 43.8 Å². The maximum Gasteiger partial charge on any atom is 0.273 e. The second kappa shape index (κ2) is 4.79. The molecule has 3 rings (SSSR count). The monoisotopic (exact) mass is 335 g/mol. The van der Waals surface area contributed by atoms with Crippen LogP contribution in [0.25, 0.3) is 4.96 Å². The minimum absolute atomic E-state index is 0.139. The number of anilines is 1. The SMILES string of the molecule is Cc1ccc(NC(=O)c2csc3nccn23)cc1Br. The van der Waals surface area contributed by atoms with Gasteiger partial charge in [-0.25, -0.2) is 4.98 Å². The molecule has 0 unspecified atom stereocenters. The number of nitrogens with zero attached hydrogens (tertiary/aromatic N) is 2. The summed E-state index contributed by atoms with van der Waals surface area (Å²) in [4.78, 5) is 17.2. The maximum atomic E-state index is 12.2. The Hall–Kier alpha value is -1.66. The molecule has 0 aliphatic carbocycles. The number of benzene rings is 1. The predicted octanol–water partition coefficient (Wildman–Crippen LogP) is 3.72. The number of aryl methyl sites for hydroxylation is 1. The number of rotatable bonds is 2. The van der Waals surface area contributed by atoms with Crippen LogP contribution in [0.2, 0.25) is 0 Å². The van der Waals surface area contributed by atoms with Gasteiger partial charge in [0.15, 0.2) is 4.96 Å². The molecule has 0 bridgehead atoms. The highest BCUT2D eigenvalue weighted by molar-refractivity contribution is 9.10. The normalized spacial score (nSPS) is 10.8. The standard InChI is InChI=1S/C13H10BrN3OS/c1-8-2-3-9(6-10(8)14)16-12(18)11-7-19-13-15-4-5-17(11)13/h2-7H,1H3,(H,16,18). The van der Waals surface area contributed by atoms with Crippen molar-refractivity contribution in [2.45, 2.75) is 6.92 Å². The molecule has 4 nitrogen and oxygen atoms in total. The van der Waals surface area contributed by atoms with Crippen molar-refractivity contribution in [1.82, 2.24) is 9.38 Å². The Morgan fingerprint density at radius 2 is 2.32 bits per heavy atom. The number of carbonyl (C=O) groups is 1. The van der Waals surface area contributed by atoms with Crippen molar-refractivity contribution in [3.05, 3.63) is 51.7 Å². The zero-order valence-electron chi connectivity index (χ0n) is 10.1. The molecule has 0 atom stereocenters. The van der Waals surface area contributed by atoms with E-state index in [0.717, 1.165) is 20.7 Å². The van der Waals surface area contributed by atoms with Gasteiger partial charge in [0.1, 0.15) is 5.69 Å². The van der Waals surface area contributed by atoms with Crippen molar-refractivity contribution in [2.24, 2.45) is 0 Å². The zero-order valence-corrected chi connectivity index (χ0v) is 12.5. The topological polar surface area (TPSA) is 46.4 Å². The van der Waals surface area contributed by atoms with Crippen LogP contribution in [-0.2, 0) is 0 Å². The lowest BCUT2D eigenvalue weighted by Crippen LogP contribution is -2.13. The average Bonchev–Trinajstić information content (AvgIpc) is 2.95. The highest BCUT2D eigenvalue weighted by Crippen LogP contribution is 2.22. The van der Waals surface area contributed by atoms with E-state index in [2.05, 4.69) is 26.2 Å². The van der Waals surface area contributed by atoms with Crippen molar-refractivity contribution < 1.29 is 4.79 Å². The molecule has 1 aromatic carbocycles. The zero-order chi connectivity index (χ0) is 13.4. The lowest BCUT2D eigenvalue weighted by Gasteiger charge is -2.06. The number of amides is 1. The summed E-state index contributed by atoms with van der Waals surface area (Å²) in [5.74, 6) is -0.139. The van der Waals surface area contributed by atoms with E-state index in [1.807, 2.05) is 25.1 Å². The third kappa shape index (κ3) is 2.29. The Kier molecular flexibility index (Phi) is 3.12. The van der Waals surface area contributed by atoms with Crippen LogP contribution in [-0.4, -0.2) is 15.3 Å². The molecule has 2 aromatic heterocycles. The van der Waals surface area contributed by atoms with Crippen LogP contribution < -0.4 is 5.32 Å². The number of hydrogen-bond acceptors (Lipinski definition) is 3.